The van der Waals surface area contributed by atoms with Crippen LogP contribution >= 0.6 is 23.1 Å². The van der Waals surface area contributed by atoms with Gasteiger partial charge in [-0.2, -0.15) is 0 Å². The highest BCUT2D eigenvalue weighted by Gasteiger charge is 2.18. The zero-order valence-corrected chi connectivity index (χ0v) is 11.5. The summed E-state index contributed by atoms with van der Waals surface area (Å²) in [6.07, 6.45) is 5.97. The summed E-state index contributed by atoms with van der Waals surface area (Å²) in [6, 6.07) is 7.04. The fourth-order valence-electron chi connectivity index (χ4n) is 2.26. The van der Waals surface area contributed by atoms with E-state index in [4.69, 9.17) is 4.98 Å². The van der Waals surface area contributed by atoms with Crippen LogP contribution in [-0.4, -0.2) is 17.8 Å². The molecule has 0 aliphatic carbocycles. The molecule has 2 aromatic rings. The number of benzene rings is 1. The molecule has 1 aliphatic rings. The second-order valence-electron chi connectivity index (χ2n) is 4.39. The average Bonchev–Trinajstić information content (AvgIpc) is 2.82. The van der Waals surface area contributed by atoms with Crippen LogP contribution in [0.5, 0.6) is 0 Å². The van der Waals surface area contributed by atoms with Crippen LogP contribution < -0.4 is 5.32 Å². The summed E-state index contributed by atoms with van der Waals surface area (Å²) in [5.41, 5.74) is 1.15. The fraction of sp³-hybridized carbons (Fsp3) is 0.462. The van der Waals surface area contributed by atoms with Gasteiger partial charge in [0.2, 0.25) is 0 Å². The van der Waals surface area contributed by atoms with Gasteiger partial charge in [0.05, 0.1) is 16.3 Å². The van der Waals surface area contributed by atoms with Gasteiger partial charge in [-0.1, -0.05) is 6.42 Å². The Morgan fingerprint density at radius 3 is 3.12 bits per heavy atom. The summed E-state index contributed by atoms with van der Waals surface area (Å²) in [7, 11) is 0. The normalized spacial score (nSPS) is 20.9. The van der Waals surface area contributed by atoms with Gasteiger partial charge in [-0.05, 0) is 43.8 Å². The third-order valence-corrected chi connectivity index (χ3v) is 5.08. The Hall–Kier alpha value is -0.580. The molecular formula is C13H16N2S2. The van der Waals surface area contributed by atoms with E-state index >= 15 is 0 Å². The topological polar surface area (TPSA) is 24.9 Å². The fourth-order valence-corrected chi connectivity index (χ4v) is 3.89. The minimum Gasteiger partial charge on any atom is -0.308 e. The van der Waals surface area contributed by atoms with E-state index in [0.29, 0.717) is 6.04 Å². The maximum Gasteiger partial charge on any atom is 0.111 e. The van der Waals surface area contributed by atoms with E-state index in [-0.39, 0.29) is 0 Å². The molecule has 1 unspecified atom stereocenters. The second-order valence-corrected chi connectivity index (χ2v) is 6.33. The van der Waals surface area contributed by atoms with E-state index in [2.05, 4.69) is 29.8 Å². The highest BCUT2D eigenvalue weighted by Crippen LogP contribution is 2.32. The van der Waals surface area contributed by atoms with E-state index in [1.807, 2.05) is 11.3 Å². The van der Waals surface area contributed by atoms with Gasteiger partial charge >= 0.3 is 0 Å². The Balaban J connectivity index is 1.95. The number of thioether (sulfide) groups is 1. The molecule has 2 heterocycles. The summed E-state index contributed by atoms with van der Waals surface area (Å²) in [4.78, 5) is 6.08. The van der Waals surface area contributed by atoms with E-state index < -0.39 is 0 Å². The smallest absolute Gasteiger partial charge is 0.111 e. The molecule has 90 valence electrons. The molecule has 1 aromatic heterocycles. The number of hydrogen-bond donors (Lipinski definition) is 1. The summed E-state index contributed by atoms with van der Waals surface area (Å²) in [6.45, 7) is 1.14. The minimum absolute atomic E-state index is 0.485. The molecule has 0 amide bonds. The SMILES string of the molecule is CSc1ccc2nc(C3CCCCN3)sc2c1. The zero-order chi connectivity index (χ0) is 11.7. The highest BCUT2D eigenvalue weighted by atomic mass is 32.2. The standard InChI is InChI=1S/C13H16N2S2/c1-16-9-5-6-10-12(8-9)17-13(15-10)11-4-2-3-7-14-11/h5-6,8,11,14H,2-4,7H2,1H3. The molecule has 4 heteroatoms. The maximum absolute atomic E-state index is 4.76. The molecule has 1 aromatic carbocycles. The molecule has 1 fully saturated rings. The molecule has 0 radical (unpaired) electrons. The van der Waals surface area contributed by atoms with Crippen molar-refractivity contribution in [3.05, 3.63) is 23.2 Å². The lowest BCUT2D eigenvalue weighted by molar-refractivity contribution is 0.411. The van der Waals surface area contributed by atoms with Gasteiger partial charge in [0.1, 0.15) is 5.01 Å². The first-order valence-electron chi connectivity index (χ1n) is 6.05. The first-order chi connectivity index (χ1) is 8.36. The van der Waals surface area contributed by atoms with E-state index in [9.17, 15) is 0 Å². The summed E-state index contributed by atoms with van der Waals surface area (Å²) in [5, 5.41) is 4.83. The third kappa shape index (κ3) is 2.34. The first-order valence-corrected chi connectivity index (χ1v) is 8.09. The van der Waals surface area contributed by atoms with Crippen LogP contribution in [0.2, 0.25) is 0 Å². The van der Waals surface area contributed by atoms with Crippen molar-refractivity contribution >= 4 is 33.3 Å². The summed E-state index contributed by atoms with van der Waals surface area (Å²) in [5.74, 6) is 0. The molecule has 3 rings (SSSR count). The van der Waals surface area contributed by atoms with Crippen molar-refractivity contribution < 1.29 is 0 Å². The Kier molecular flexibility index (Phi) is 3.36. The van der Waals surface area contributed by atoms with Crippen molar-refractivity contribution in [2.24, 2.45) is 0 Å². The highest BCUT2D eigenvalue weighted by molar-refractivity contribution is 7.98. The van der Waals surface area contributed by atoms with Crippen molar-refractivity contribution in [2.75, 3.05) is 12.8 Å². The number of hydrogen-bond acceptors (Lipinski definition) is 4. The number of fused-ring (bicyclic) bond motifs is 1. The van der Waals surface area contributed by atoms with Crippen molar-refractivity contribution in [2.45, 2.75) is 30.2 Å². The predicted octanol–water partition coefficient (Wildman–Crippen LogP) is 3.83. The average molecular weight is 264 g/mol. The first kappa shape index (κ1) is 11.5. The number of thiazole rings is 1. The number of rotatable bonds is 2. The number of piperidine rings is 1. The lowest BCUT2D eigenvalue weighted by Crippen LogP contribution is -2.26. The van der Waals surface area contributed by atoms with Gasteiger partial charge in [0, 0.05) is 4.90 Å². The molecule has 1 aliphatic heterocycles. The minimum atomic E-state index is 0.485. The molecule has 1 N–H and O–H groups in total. The van der Waals surface area contributed by atoms with Crippen molar-refractivity contribution in [1.29, 1.82) is 0 Å². The molecule has 2 nitrogen and oxygen atoms in total. The van der Waals surface area contributed by atoms with Gasteiger partial charge < -0.3 is 5.32 Å². The van der Waals surface area contributed by atoms with Gasteiger partial charge in [0.25, 0.3) is 0 Å². The molecular weight excluding hydrogens is 248 g/mol. The van der Waals surface area contributed by atoms with Gasteiger partial charge in [-0.15, -0.1) is 23.1 Å². The van der Waals surface area contributed by atoms with Crippen LogP contribution in [0.15, 0.2) is 23.1 Å². The molecule has 17 heavy (non-hydrogen) atoms. The summed E-state index contributed by atoms with van der Waals surface area (Å²) >= 11 is 3.64. The lowest BCUT2D eigenvalue weighted by atomic mass is 10.1. The number of aromatic nitrogens is 1. The van der Waals surface area contributed by atoms with Crippen LogP contribution in [0.4, 0.5) is 0 Å². The van der Waals surface area contributed by atoms with E-state index in [0.717, 1.165) is 12.1 Å². The molecule has 0 bridgehead atoms. The van der Waals surface area contributed by atoms with Crippen molar-refractivity contribution in [3.63, 3.8) is 0 Å². The van der Waals surface area contributed by atoms with Gasteiger partial charge in [-0.25, -0.2) is 4.98 Å². The maximum atomic E-state index is 4.76. The van der Waals surface area contributed by atoms with Gasteiger partial charge in [0.15, 0.2) is 0 Å². The Morgan fingerprint density at radius 1 is 1.41 bits per heavy atom. The van der Waals surface area contributed by atoms with E-state index in [1.165, 1.54) is 33.9 Å². The molecule has 0 spiro atoms. The molecule has 1 atom stereocenters. The van der Waals surface area contributed by atoms with Crippen LogP contribution in [0.1, 0.15) is 30.3 Å². The van der Waals surface area contributed by atoms with Crippen LogP contribution in [-0.2, 0) is 0 Å². The van der Waals surface area contributed by atoms with Crippen LogP contribution in [0, 0.1) is 0 Å². The molecule has 1 saturated heterocycles. The van der Waals surface area contributed by atoms with Crippen LogP contribution in [0.3, 0.4) is 0 Å². The zero-order valence-electron chi connectivity index (χ0n) is 9.90. The van der Waals surface area contributed by atoms with Crippen molar-refractivity contribution in [1.82, 2.24) is 10.3 Å². The molecule has 0 saturated carbocycles. The summed E-state index contributed by atoms with van der Waals surface area (Å²) < 4.78 is 1.32. The predicted molar refractivity (Wildman–Crippen MR) is 76.0 cm³/mol. The lowest BCUT2D eigenvalue weighted by Gasteiger charge is -2.20. The van der Waals surface area contributed by atoms with Crippen molar-refractivity contribution in [3.8, 4) is 0 Å². The van der Waals surface area contributed by atoms with Crippen LogP contribution in [0.25, 0.3) is 10.2 Å². The number of nitrogens with one attached hydrogen (secondary N) is 1. The van der Waals surface area contributed by atoms with E-state index in [1.54, 1.807) is 11.8 Å². The number of nitrogens with zero attached hydrogens (tertiary/aromatic N) is 1. The largest absolute Gasteiger partial charge is 0.308 e. The third-order valence-electron chi connectivity index (χ3n) is 3.22. The quantitative estimate of drug-likeness (QED) is 0.834. The Morgan fingerprint density at radius 2 is 2.35 bits per heavy atom. The Bertz CT molecular complexity index is 515. The Labute approximate surface area is 110 Å². The van der Waals surface area contributed by atoms with Gasteiger partial charge in [-0.3, -0.25) is 0 Å². The monoisotopic (exact) mass is 264 g/mol. The second kappa shape index (κ2) is 4.96.